The summed E-state index contributed by atoms with van der Waals surface area (Å²) in [7, 11) is 1.46. The van der Waals surface area contributed by atoms with Gasteiger partial charge < -0.3 is 10.1 Å². The molecule has 0 aliphatic heterocycles. The lowest BCUT2D eigenvalue weighted by atomic mass is 9.78. The zero-order valence-electron chi connectivity index (χ0n) is 20.7. The molecule has 37 heavy (non-hydrogen) atoms. The number of hydrogen-bond donors (Lipinski definition) is 1. The topological polar surface area (TPSA) is 75.0 Å². The highest BCUT2D eigenvalue weighted by Crippen LogP contribution is 2.44. The first-order chi connectivity index (χ1) is 18.1. The lowest BCUT2D eigenvalue weighted by Crippen LogP contribution is -2.29. The molecular weight excluding hydrogens is 458 g/mol. The van der Waals surface area contributed by atoms with Gasteiger partial charge in [-0.15, -0.1) is 0 Å². The summed E-state index contributed by atoms with van der Waals surface area (Å²) in [6.07, 6.45) is 12.0. The largest absolute Gasteiger partial charge is 0.468 e. The van der Waals surface area contributed by atoms with E-state index in [1.807, 2.05) is 6.07 Å². The molecule has 1 saturated carbocycles. The number of benzene rings is 2. The van der Waals surface area contributed by atoms with E-state index in [4.69, 9.17) is 10.00 Å². The second-order valence-electron chi connectivity index (χ2n) is 9.81. The first-order valence-corrected chi connectivity index (χ1v) is 12.7. The highest BCUT2D eigenvalue weighted by atomic mass is 16.5. The lowest BCUT2D eigenvalue weighted by molar-refractivity contribution is -0.144. The Bertz CT molecular complexity index is 1520. The molecule has 3 aliphatic carbocycles. The molecule has 0 bridgehead atoms. The molecule has 1 aromatic heterocycles. The van der Waals surface area contributed by atoms with Crippen molar-refractivity contribution in [2.75, 3.05) is 7.11 Å². The Kier molecular flexibility index (Phi) is 5.94. The molecule has 1 atom stereocenters. The fraction of sp³-hybridized carbons (Fsp3) is 0.219. The highest BCUT2D eigenvalue weighted by Gasteiger charge is 2.31. The quantitative estimate of drug-likeness (QED) is 0.450. The van der Waals surface area contributed by atoms with Crippen LogP contribution in [0.1, 0.15) is 36.1 Å². The SMILES string of the molecule is COC(=O)C1CC=C(C=C2Cc3cccc(-c4ccc(C#N)nc4)c3-c3ccccc32)C=C1NC1CC1. The number of allylic oxidation sites excluding steroid dienone is 5. The van der Waals surface area contributed by atoms with E-state index in [9.17, 15) is 4.79 Å². The molecule has 182 valence electrons. The Hall–Kier alpha value is -4.43. The molecule has 1 unspecified atom stereocenters. The van der Waals surface area contributed by atoms with Crippen molar-refractivity contribution in [2.45, 2.75) is 31.7 Å². The number of aromatic nitrogens is 1. The number of nitrogens with one attached hydrogen (secondary N) is 1. The number of rotatable bonds is 5. The second-order valence-corrected chi connectivity index (χ2v) is 9.81. The van der Waals surface area contributed by atoms with E-state index in [-0.39, 0.29) is 11.9 Å². The van der Waals surface area contributed by atoms with Crippen molar-refractivity contribution in [3.63, 3.8) is 0 Å². The van der Waals surface area contributed by atoms with Crippen LogP contribution in [-0.4, -0.2) is 24.1 Å². The first kappa shape index (κ1) is 23.0. The molecule has 0 saturated heterocycles. The van der Waals surface area contributed by atoms with E-state index in [1.54, 1.807) is 12.3 Å². The van der Waals surface area contributed by atoms with E-state index in [1.165, 1.54) is 34.9 Å². The van der Waals surface area contributed by atoms with Crippen molar-refractivity contribution >= 4 is 11.5 Å². The van der Waals surface area contributed by atoms with Crippen molar-refractivity contribution < 1.29 is 9.53 Å². The maximum atomic E-state index is 12.4. The van der Waals surface area contributed by atoms with Crippen LogP contribution in [0.2, 0.25) is 0 Å². The number of fused-ring (bicyclic) bond motifs is 3. The van der Waals surface area contributed by atoms with Gasteiger partial charge in [-0.1, -0.05) is 54.6 Å². The van der Waals surface area contributed by atoms with Gasteiger partial charge in [-0.25, -0.2) is 4.98 Å². The minimum absolute atomic E-state index is 0.191. The van der Waals surface area contributed by atoms with Crippen molar-refractivity contribution in [1.29, 1.82) is 5.26 Å². The maximum Gasteiger partial charge on any atom is 0.314 e. The van der Waals surface area contributed by atoms with E-state index in [0.717, 1.165) is 41.7 Å². The molecule has 3 aliphatic rings. The fourth-order valence-electron chi connectivity index (χ4n) is 5.33. The fourth-order valence-corrected chi connectivity index (χ4v) is 5.33. The van der Waals surface area contributed by atoms with Gasteiger partial charge in [-0.2, -0.15) is 5.26 Å². The normalized spacial score (nSPS) is 19.1. The van der Waals surface area contributed by atoms with Crippen LogP contribution in [0.3, 0.4) is 0 Å². The predicted octanol–water partition coefficient (Wildman–Crippen LogP) is 5.98. The standard InChI is InChI=1S/C32H27N3O2/c1-37-32(36)29-14-9-20(16-30(29)35-24-12-13-24)15-23-17-21-5-4-8-27(22-10-11-25(18-33)34-19-22)31(21)28-7-3-2-6-26(23)28/h2-11,15-16,19,24,29,35H,12-14,17H2,1H3. The van der Waals surface area contributed by atoms with E-state index in [2.05, 4.69) is 77.1 Å². The van der Waals surface area contributed by atoms with Gasteiger partial charge in [0.1, 0.15) is 11.8 Å². The number of methoxy groups -OCH3 is 1. The van der Waals surface area contributed by atoms with Crippen molar-refractivity contribution in [3.8, 4) is 28.3 Å². The van der Waals surface area contributed by atoms with Crippen molar-refractivity contribution in [2.24, 2.45) is 5.92 Å². The molecule has 3 aromatic rings. The number of carbonyl (C=O) groups excluding carboxylic acids is 1. The third kappa shape index (κ3) is 4.47. The van der Waals surface area contributed by atoms with Crippen LogP contribution in [-0.2, 0) is 16.0 Å². The molecule has 0 amide bonds. The third-order valence-electron chi connectivity index (χ3n) is 7.32. The van der Waals surface area contributed by atoms with Crippen LogP contribution in [0.5, 0.6) is 0 Å². The summed E-state index contributed by atoms with van der Waals surface area (Å²) in [6, 6.07) is 21.2. The molecule has 1 fully saturated rings. The predicted molar refractivity (Wildman–Crippen MR) is 144 cm³/mol. The summed E-state index contributed by atoms with van der Waals surface area (Å²) in [5.74, 6) is -0.458. The molecule has 5 heteroatoms. The molecule has 1 heterocycles. The van der Waals surface area contributed by atoms with Gasteiger partial charge in [0.15, 0.2) is 0 Å². The molecular formula is C32H27N3O2. The minimum atomic E-state index is -0.268. The average Bonchev–Trinajstić information content (AvgIpc) is 3.76. The van der Waals surface area contributed by atoms with Gasteiger partial charge in [-0.05, 0) is 82.9 Å². The van der Waals surface area contributed by atoms with Crippen molar-refractivity contribution in [1.82, 2.24) is 10.3 Å². The van der Waals surface area contributed by atoms with Crippen LogP contribution < -0.4 is 5.32 Å². The Labute approximate surface area is 216 Å². The lowest BCUT2D eigenvalue weighted by Gasteiger charge is -2.26. The zero-order chi connectivity index (χ0) is 25.4. The molecule has 5 nitrogen and oxygen atoms in total. The molecule has 2 aromatic carbocycles. The summed E-state index contributed by atoms with van der Waals surface area (Å²) in [6.45, 7) is 0. The van der Waals surface area contributed by atoms with Crippen LogP contribution in [0.15, 0.2) is 90.3 Å². The molecule has 0 spiro atoms. The number of nitrogens with zero attached hydrogens (tertiary/aromatic N) is 2. The average molecular weight is 486 g/mol. The van der Waals surface area contributed by atoms with Gasteiger partial charge >= 0.3 is 5.97 Å². The van der Waals surface area contributed by atoms with Gasteiger partial charge in [0, 0.05) is 23.5 Å². The van der Waals surface area contributed by atoms with Crippen LogP contribution in [0.25, 0.3) is 27.8 Å². The summed E-state index contributed by atoms with van der Waals surface area (Å²) < 4.78 is 5.07. The third-order valence-corrected chi connectivity index (χ3v) is 7.32. The van der Waals surface area contributed by atoms with Gasteiger partial charge in [0.05, 0.1) is 13.0 Å². The van der Waals surface area contributed by atoms with Crippen molar-refractivity contribution in [3.05, 3.63) is 107 Å². The Balaban J connectivity index is 1.39. The summed E-state index contributed by atoms with van der Waals surface area (Å²) in [5.41, 5.74) is 10.8. The van der Waals surface area contributed by atoms with Crippen LogP contribution >= 0.6 is 0 Å². The van der Waals surface area contributed by atoms with Crippen LogP contribution in [0.4, 0.5) is 0 Å². The number of nitriles is 1. The maximum absolute atomic E-state index is 12.4. The van der Waals surface area contributed by atoms with Gasteiger partial charge in [-0.3, -0.25) is 4.79 Å². The molecule has 0 radical (unpaired) electrons. The van der Waals surface area contributed by atoms with E-state index >= 15 is 0 Å². The summed E-state index contributed by atoms with van der Waals surface area (Å²) in [5, 5.41) is 12.7. The monoisotopic (exact) mass is 485 g/mol. The number of ether oxygens (including phenoxy) is 1. The van der Waals surface area contributed by atoms with E-state index in [0.29, 0.717) is 18.2 Å². The summed E-state index contributed by atoms with van der Waals surface area (Å²) >= 11 is 0. The molecule has 1 N–H and O–H groups in total. The zero-order valence-corrected chi connectivity index (χ0v) is 20.7. The number of carbonyl (C=O) groups is 1. The number of esters is 1. The van der Waals surface area contributed by atoms with Gasteiger partial charge in [0.2, 0.25) is 0 Å². The summed E-state index contributed by atoms with van der Waals surface area (Å²) in [4.78, 5) is 16.7. The first-order valence-electron chi connectivity index (χ1n) is 12.7. The second kappa shape index (κ2) is 9.55. The smallest absolute Gasteiger partial charge is 0.314 e. The van der Waals surface area contributed by atoms with E-state index < -0.39 is 0 Å². The minimum Gasteiger partial charge on any atom is -0.468 e. The Morgan fingerprint density at radius 1 is 1.08 bits per heavy atom. The number of pyridine rings is 1. The van der Waals surface area contributed by atoms with Gasteiger partial charge in [0.25, 0.3) is 0 Å². The highest BCUT2D eigenvalue weighted by molar-refractivity contribution is 5.96. The Morgan fingerprint density at radius 2 is 1.89 bits per heavy atom. The number of hydrogen-bond acceptors (Lipinski definition) is 5. The Morgan fingerprint density at radius 3 is 2.62 bits per heavy atom. The van der Waals surface area contributed by atoms with Crippen LogP contribution in [0, 0.1) is 17.2 Å². The molecule has 6 rings (SSSR count).